The standard InChI is InChI=1S/C6H12N3O4P/c10-5(6-7-4-8-9-6)2-1-3-14(11,12)13/h4-5,10H,1-3H2,(H,7,8,9)(H2,11,12,13). The molecule has 0 aliphatic carbocycles. The highest BCUT2D eigenvalue weighted by Crippen LogP contribution is 2.36. The van der Waals surface area contributed by atoms with Crippen LogP contribution in [0, 0.1) is 0 Å². The van der Waals surface area contributed by atoms with E-state index in [1.54, 1.807) is 0 Å². The molecule has 0 spiro atoms. The summed E-state index contributed by atoms with van der Waals surface area (Å²) in [4.78, 5) is 20.8. The van der Waals surface area contributed by atoms with Crippen molar-refractivity contribution in [3.05, 3.63) is 12.2 Å². The van der Waals surface area contributed by atoms with Crippen molar-refractivity contribution in [1.82, 2.24) is 15.2 Å². The summed E-state index contributed by atoms with van der Waals surface area (Å²) in [6.07, 6.45) is 0.690. The van der Waals surface area contributed by atoms with Gasteiger partial charge in [-0.05, 0) is 12.8 Å². The number of aromatic nitrogens is 3. The SMILES string of the molecule is O=P(O)(O)CCCC(O)c1ncn[nH]1. The van der Waals surface area contributed by atoms with Crippen LogP contribution in [-0.2, 0) is 4.57 Å². The number of hydrogen-bond donors (Lipinski definition) is 4. The second-order valence-electron chi connectivity index (χ2n) is 2.92. The van der Waals surface area contributed by atoms with Gasteiger partial charge in [-0.25, -0.2) is 4.98 Å². The number of hydrogen-bond acceptors (Lipinski definition) is 4. The smallest absolute Gasteiger partial charge is 0.325 e. The Morgan fingerprint density at radius 1 is 1.57 bits per heavy atom. The number of nitrogens with zero attached hydrogens (tertiary/aromatic N) is 2. The van der Waals surface area contributed by atoms with Gasteiger partial charge in [-0.3, -0.25) is 9.66 Å². The fraction of sp³-hybridized carbons (Fsp3) is 0.667. The zero-order valence-electron chi connectivity index (χ0n) is 7.37. The van der Waals surface area contributed by atoms with Crippen molar-refractivity contribution in [2.45, 2.75) is 18.9 Å². The highest BCUT2D eigenvalue weighted by Gasteiger charge is 2.15. The molecular weight excluding hydrogens is 209 g/mol. The van der Waals surface area contributed by atoms with Gasteiger partial charge in [-0.2, -0.15) is 5.10 Å². The van der Waals surface area contributed by atoms with E-state index >= 15 is 0 Å². The maximum atomic E-state index is 10.5. The molecule has 1 unspecified atom stereocenters. The molecule has 0 aliphatic heterocycles. The molecule has 7 nitrogen and oxygen atoms in total. The number of H-pyrrole nitrogens is 1. The molecule has 0 amide bonds. The Morgan fingerprint density at radius 3 is 2.79 bits per heavy atom. The molecule has 0 saturated heterocycles. The molecule has 1 atom stereocenters. The van der Waals surface area contributed by atoms with Gasteiger partial charge in [0, 0.05) is 6.16 Å². The Balaban J connectivity index is 2.29. The van der Waals surface area contributed by atoms with E-state index in [1.807, 2.05) is 0 Å². The van der Waals surface area contributed by atoms with Crippen molar-refractivity contribution in [3.63, 3.8) is 0 Å². The van der Waals surface area contributed by atoms with Crippen LogP contribution in [0.2, 0.25) is 0 Å². The van der Waals surface area contributed by atoms with Gasteiger partial charge in [0.05, 0.1) is 0 Å². The average Bonchev–Trinajstić information content (AvgIpc) is 2.53. The fourth-order valence-electron chi connectivity index (χ4n) is 1.00. The molecule has 0 saturated carbocycles. The average molecular weight is 221 g/mol. The highest BCUT2D eigenvalue weighted by atomic mass is 31.2. The van der Waals surface area contributed by atoms with Crippen molar-refractivity contribution in [2.75, 3.05) is 6.16 Å². The van der Waals surface area contributed by atoms with Crippen LogP contribution in [0.3, 0.4) is 0 Å². The van der Waals surface area contributed by atoms with Crippen LogP contribution < -0.4 is 0 Å². The largest absolute Gasteiger partial charge is 0.385 e. The number of rotatable bonds is 5. The van der Waals surface area contributed by atoms with E-state index in [0.717, 1.165) is 0 Å². The predicted octanol–water partition coefficient (Wildman–Crippen LogP) is -0.204. The van der Waals surface area contributed by atoms with Crippen LogP contribution in [0.4, 0.5) is 0 Å². The molecule has 80 valence electrons. The van der Waals surface area contributed by atoms with Crippen LogP contribution >= 0.6 is 7.60 Å². The van der Waals surface area contributed by atoms with Crippen LogP contribution in [0.1, 0.15) is 24.8 Å². The van der Waals surface area contributed by atoms with Crippen LogP contribution in [0.5, 0.6) is 0 Å². The lowest BCUT2D eigenvalue weighted by Gasteiger charge is -2.07. The van der Waals surface area contributed by atoms with E-state index in [1.165, 1.54) is 6.33 Å². The molecule has 1 aromatic rings. The summed E-state index contributed by atoms with van der Waals surface area (Å²) in [6.45, 7) is 0. The monoisotopic (exact) mass is 221 g/mol. The molecule has 0 radical (unpaired) electrons. The lowest BCUT2D eigenvalue weighted by Crippen LogP contribution is -2.01. The van der Waals surface area contributed by atoms with Gasteiger partial charge >= 0.3 is 7.60 Å². The van der Waals surface area contributed by atoms with Gasteiger partial charge in [0.2, 0.25) is 0 Å². The molecule has 0 aromatic carbocycles. The Labute approximate surface area is 80.4 Å². The topological polar surface area (TPSA) is 119 Å². The summed E-state index contributed by atoms with van der Waals surface area (Å²) in [5.74, 6) is 0.315. The summed E-state index contributed by atoms with van der Waals surface area (Å²) >= 11 is 0. The third-order valence-electron chi connectivity index (χ3n) is 1.68. The van der Waals surface area contributed by atoms with Gasteiger partial charge in [0.15, 0.2) is 5.82 Å². The number of aromatic amines is 1. The lowest BCUT2D eigenvalue weighted by atomic mass is 10.2. The lowest BCUT2D eigenvalue weighted by molar-refractivity contribution is 0.156. The van der Waals surface area contributed by atoms with Crippen molar-refractivity contribution < 1.29 is 19.5 Å². The summed E-state index contributed by atoms with van der Waals surface area (Å²) in [5.41, 5.74) is 0. The van der Waals surface area contributed by atoms with E-state index in [0.29, 0.717) is 5.82 Å². The first-order valence-electron chi connectivity index (χ1n) is 4.07. The molecule has 14 heavy (non-hydrogen) atoms. The zero-order chi connectivity index (χ0) is 10.6. The quantitative estimate of drug-likeness (QED) is 0.511. The maximum Gasteiger partial charge on any atom is 0.325 e. The van der Waals surface area contributed by atoms with Crippen molar-refractivity contribution in [1.29, 1.82) is 0 Å². The van der Waals surface area contributed by atoms with Crippen LogP contribution in [-0.4, -0.2) is 36.2 Å². The van der Waals surface area contributed by atoms with Crippen LogP contribution in [0.25, 0.3) is 0 Å². The minimum absolute atomic E-state index is 0.224. The first kappa shape index (κ1) is 11.3. The first-order valence-corrected chi connectivity index (χ1v) is 5.87. The normalized spacial score (nSPS) is 14.2. The van der Waals surface area contributed by atoms with Gasteiger partial charge < -0.3 is 14.9 Å². The number of nitrogens with one attached hydrogen (secondary N) is 1. The van der Waals surface area contributed by atoms with E-state index in [4.69, 9.17) is 9.79 Å². The molecule has 4 N–H and O–H groups in total. The van der Waals surface area contributed by atoms with E-state index in [2.05, 4.69) is 15.2 Å². The molecule has 1 aromatic heterocycles. The Bertz CT molecular complexity index is 309. The van der Waals surface area contributed by atoms with Crippen molar-refractivity contribution in [2.24, 2.45) is 0 Å². The molecule has 0 bridgehead atoms. The predicted molar refractivity (Wildman–Crippen MR) is 47.5 cm³/mol. The second-order valence-corrected chi connectivity index (χ2v) is 4.69. The van der Waals surface area contributed by atoms with E-state index in [-0.39, 0.29) is 19.0 Å². The fourth-order valence-corrected chi connectivity index (χ4v) is 1.60. The molecule has 8 heteroatoms. The van der Waals surface area contributed by atoms with E-state index < -0.39 is 13.7 Å². The zero-order valence-corrected chi connectivity index (χ0v) is 8.26. The van der Waals surface area contributed by atoms with Crippen LogP contribution in [0.15, 0.2) is 6.33 Å². The molecule has 1 heterocycles. The highest BCUT2D eigenvalue weighted by molar-refractivity contribution is 7.51. The second kappa shape index (κ2) is 4.65. The van der Waals surface area contributed by atoms with Gasteiger partial charge in [0.1, 0.15) is 12.4 Å². The van der Waals surface area contributed by atoms with Gasteiger partial charge in [-0.15, -0.1) is 0 Å². The number of aliphatic hydroxyl groups excluding tert-OH is 1. The Hall–Kier alpha value is -0.750. The third-order valence-corrected chi connectivity index (χ3v) is 2.58. The third kappa shape index (κ3) is 3.97. The van der Waals surface area contributed by atoms with E-state index in [9.17, 15) is 9.67 Å². The molecule has 1 rings (SSSR count). The van der Waals surface area contributed by atoms with Gasteiger partial charge in [-0.1, -0.05) is 0 Å². The maximum absolute atomic E-state index is 10.5. The minimum atomic E-state index is -3.96. The summed E-state index contributed by atoms with van der Waals surface area (Å²) in [7, 11) is -3.96. The molecular formula is C6H12N3O4P. The van der Waals surface area contributed by atoms with Crippen molar-refractivity contribution >= 4 is 7.60 Å². The molecule has 0 fully saturated rings. The minimum Gasteiger partial charge on any atom is -0.385 e. The number of aliphatic hydroxyl groups is 1. The summed E-state index contributed by atoms with van der Waals surface area (Å²) in [6, 6.07) is 0. The van der Waals surface area contributed by atoms with Gasteiger partial charge in [0.25, 0.3) is 0 Å². The summed E-state index contributed by atoms with van der Waals surface area (Å²) < 4.78 is 10.5. The summed E-state index contributed by atoms with van der Waals surface area (Å²) in [5, 5.41) is 15.4. The first-order chi connectivity index (χ1) is 6.49. The Kier molecular flexibility index (Phi) is 3.77. The Morgan fingerprint density at radius 2 is 2.29 bits per heavy atom. The molecule has 0 aliphatic rings. The van der Waals surface area contributed by atoms with Crippen molar-refractivity contribution in [3.8, 4) is 0 Å².